The molecule has 3 aromatic carbocycles. The van der Waals surface area contributed by atoms with E-state index in [1.807, 2.05) is 31.3 Å². The van der Waals surface area contributed by atoms with Crippen LogP contribution < -0.4 is 30.2 Å². The summed E-state index contributed by atoms with van der Waals surface area (Å²) in [6, 6.07) is 22.9. The zero-order chi connectivity index (χ0) is 30.4. The average Bonchev–Trinajstić information content (AvgIpc) is 3.08. The molecule has 0 aromatic heterocycles. The quantitative estimate of drug-likeness (QED) is 0.165. The normalized spacial score (nSPS) is 19.5. The maximum atomic E-state index is 6.51. The van der Waals surface area contributed by atoms with E-state index in [9.17, 15) is 0 Å². The number of hydrogen-bond acceptors (Lipinski definition) is 8. The van der Waals surface area contributed by atoms with Crippen molar-refractivity contribution in [3.8, 4) is 17.2 Å². The maximum absolute atomic E-state index is 6.51. The van der Waals surface area contributed by atoms with Crippen LogP contribution in [0.3, 0.4) is 0 Å². The fraction of sp³-hybridized carbons (Fsp3) is 0.500. The highest BCUT2D eigenvalue weighted by Gasteiger charge is 2.27. The van der Waals surface area contributed by atoms with Gasteiger partial charge in [0.25, 0.3) is 0 Å². The standard InChI is InChI=1S/C36H49N3O5/c1-37-18-6-5-9-31-23-39-33-22-27(11-16-35(33)44-31)25-43-36-24-38-19-17-32(36)28-12-14-30(15-13-28)42-21-7-20-41-26-29-8-3-4-10-34(29)40-2/h3-4,8,10-16,22,31-32,36-39H,5-7,9,17-21,23-26H2,1-2H3. The summed E-state index contributed by atoms with van der Waals surface area (Å²) >= 11 is 0. The first-order valence-corrected chi connectivity index (χ1v) is 16.2. The van der Waals surface area contributed by atoms with Gasteiger partial charge in [0.15, 0.2) is 0 Å². The number of ether oxygens (including phenoxy) is 5. The van der Waals surface area contributed by atoms with Gasteiger partial charge in [0, 0.05) is 24.4 Å². The van der Waals surface area contributed by atoms with Crippen molar-refractivity contribution in [3.63, 3.8) is 0 Å². The number of nitrogens with one attached hydrogen (secondary N) is 3. The van der Waals surface area contributed by atoms with Gasteiger partial charge in [-0.05, 0) is 87.3 Å². The van der Waals surface area contributed by atoms with E-state index in [2.05, 4.69) is 58.4 Å². The number of benzene rings is 3. The average molecular weight is 604 g/mol. The van der Waals surface area contributed by atoms with Crippen LogP contribution in [0.15, 0.2) is 66.7 Å². The first kappa shape index (κ1) is 32.1. The minimum atomic E-state index is 0.109. The van der Waals surface area contributed by atoms with Gasteiger partial charge in [-0.1, -0.05) is 36.4 Å². The SMILES string of the molecule is CNCCCCC1CNc2cc(COC3CNCCC3c3ccc(OCCCOCc4ccccc4OC)cc3)ccc2O1. The molecule has 44 heavy (non-hydrogen) atoms. The van der Waals surface area contributed by atoms with Crippen molar-refractivity contribution < 1.29 is 23.7 Å². The van der Waals surface area contributed by atoms with Gasteiger partial charge in [0.1, 0.15) is 23.4 Å². The van der Waals surface area contributed by atoms with Crippen LogP contribution in [0.4, 0.5) is 5.69 Å². The van der Waals surface area contributed by atoms with E-state index >= 15 is 0 Å². The van der Waals surface area contributed by atoms with E-state index < -0.39 is 0 Å². The van der Waals surface area contributed by atoms with Crippen LogP contribution in [0, 0.1) is 0 Å². The molecule has 2 aliphatic rings. The number of rotatable bonds is 17. The molecule has 0 amide bonds. The molecule has 1 saturated heterocycles. The summed E-state index contributed by atoms with van der Waals surface area (Å²) in [6.07, 6.45) is 5.63. The Kier molecular flexibility index (Phi) is 12.6. The molecule has 0 bridgehead atoms. The summed E-state index contributed by atoms with van der Waals surface area (Å²) in [5, 5.41) is 10.3. The van der Waals surface area contributed by atoms with Crippen LogP contribution in [-0.4, -0.2) is 65.8 Å². The minimum Gasteiger partial charge on any atom is -0.496 e. The van der Waals surface area contributed by atoms with Crippen molar-refractivity contribution in [2.45, 2.75) is 63.4 Å². The lowest BCUT2D eigenvalue weighted by Crippen LogP contribution is -2.41. The van der Waals surface area contributed by atoms with Crippen molar-refractivity contribution in [2.75, 3.05) is 58.9 Å². The van der Waals surface area contributed by atoms with Crippen LogP contribution in [0.5, 0.6) is 17.2 Å². The maximum Gasteiger partial charge on any atom is 0.142 e. The lowest BCUT2D eigenvalue weighted by molar-refractivity contribution is 0.0106. The summed E-state index contributed by atoms with van der Waals surface area (Å²) in [7, 11) is 3.68. The van der Waals surface area contributed by atoms with Crippen molar-refractivity contribution in [1.29, 1.82) is 0 Å². The molecule has 3 atom stereocenters. The summed E-state index contributed by atoms with van der Waals surface area (Å²) in [4.78, 5) is 0. The fourth-order valence-corrected chi connectivity index (χ4v) is 5.94. The van der Waals surface area contributed by atoms with Crippen molar-refractivity contribution in [1.82, 2.24) is 10.6 Å². The molecule has 238 valence electrons. The van der Waals surface area contributed by atoms with E-state index in [0.717, 1.165) is 79.5 Å². The zero-order valence-electron chi connectivity index (χ0n) is 26.3. The molecule has 2 aliphatic heterocycles. The first-order chi connectivity index (χ1) is 21.7. The van der Waals surface area contributed by atoms with Gasteiger partial charge in [0.2, 0.25) is 0 Å². The Bertz CT molecular complexity index is 1270. The van der Waals surface area contributed by atoms with Gasteiger partial charge in [-0.25, -0.2) is 0 Å². The number of hydrogen-bond donors (Lipinski definition) is 3. The van der Waals surface area contributed by atoms with E-state index in [1.165, 1.54) is 18.4 Å². The Morgan fingerprint density at radius 1 is 0.932 bits per heavy atom. The third-order valence-electron chi connectivity index (χ3n) is 8.41. The van der Waals surface area contributed by atoms with Crippen LogP contribution >= 0.6 is 0 Å². The van der Waals surface area contributed by atoms with E-state index in [-0.39, 0.29) is 12.2 Å². The fourth-order valence-electron chi connectivity index (χ4n) is 5.94. The number of unbranched alkanes of at least 4 members (excludes halogenated alkanes) is 1. The molecule has 8 heteroatoms. The highest BCUT2D eigenvalue weighted by Crippen LogP contribution is 2.33. The third-order valence-corrected chi connectivity index (χ3v) is 8.41. The highest BCUT2D eigenvalue weighted by atomic mass is 16.5. The minimum absolute atomic E-state index is 0.109. The Labute approximate surface area is 262 Å². The van der Waals surface area contributed by atoms with E-state index in [1.54, 1.807) is 7.11 Å². The Balaban J connectivity index is 1.04. The smallest absolute Gasteiger partial charge is 0.142 e. The molecule has 2 heterocycles. The number of piperidine rings is 1. The second kappa shape index (κ2) is 17.3. The molecular formula is C36H49N3O5. The molecule has 0 saturated carbocycles. The van der Waals surface area contributed by atoms with Crippen LogP contribution in [0.25, 0.3) is 0 Å². The van der Waals surface area contributed by atoms with Gasteiger partial charge in [-0.15, -0.1) is 0 Å². The monoisotopic (exact) mass is 603 g/mol. The molecule has 5 rings (SSSR count). The van der Waals surface area contributed by atoms with E-state index in [4.69, 9.17) is 23.7 Å². The third kappa shape index (κ3) is 9.35. The summed E-state index contributed by atoms with van der Waals surface area (Å²) in [5.74, 6) is 3.03. The first-order valence-electron chi connectivity index (χ1n) is 16.2. The van der Waals surface area contributed by atoms with Gasteiger partial charge in [0.05, 0.1) is 51.9 Å². The number of anilines is 1. The van der Waals surface area contributed by atoms with Crippen molar-refractivity contribution in [3.05, 3.63) is 83.4 Å². The van der Waals surface area contributed by atoms with Gasteiger partial charge in [-0.3, -0.25) is 0 Å². The van der Waals surface area contributed by atoms with Crippen LogP contribution in [0.2, 0.25) is 0 Å². The van der Waals surface area contributed by atoms with E-state index in [0.29, 0.717) is 32.3 Å². The molecule has 3 unspecified atom stereocenters. The Morgan fingerprint density at radius 2 is 1.82 bits per heavy atom. The highest BCUT2D eigenvalue weighted by molar-refractivity contribution is 5.59. The molecule has 0 spiro atoms. The van der Waals surface area contributed by atoms with Crippen molar-refractivity contribution in [2.24, 2.45) is 0 Å². The van der Waals surface area contributed by atoms with Gasteiger partial charge in [-0.2, -0.15) is 0 Å². The predicted octanol–water partition coefficient (Wildman–Crippen LogP) is 5.91. The lowest BCUT2D eigenvalue weighted by Gasteiger charge is -2.33. The van der Waals surface area contributed by atoms with Crippen LogP contribution in [0.1, 0.15) is 54.7 Å². The van der Waals surface area contributed by atoms with Gasteiger partial charge < -0.3 is 39.6 Å². The summed E-state index contributed by atoms with van der Waals surface area (Å²) in [5.41, 5.74) is 4.58. The molecule has 0 radical (unpaired) electrons. The topological polar surface area (TPSA) is 82.2 Å². The van der Waals surface area contributed by atoms with Crippen molar-refractivity contribution >= 4 is 5.69 Å². The molecule has 0 aliphatic carbocycles. The second-order valence-electron chi connectivity index (χ2n) is 11.6. The summed E-state index contributed by atoms with van der Waals surface area (Å²) < 4.78 is 30.0. The largest absolute Gasteiger partial charge is 0.496 e. The Hall–Kier alpha value is -3.30. The number of methoxy groups -OCH3 is 1. The lowest BCUT2D eigenvalue weighted by atomic mass is 9.87. The summed E-state index contributed by atoms with van der Waals surface area (Å²) in [6.45, 7) is 6.11. The second-order valence-corrected chi connectivity index (χ2v) is 11.6. The molecule has 8 nitrogen and oxygen atoms in total. The zero-order valence-corrected chi connectivity index (χ0v) is 26.3. The van der Waals surface area contributed by atoms with Crippen LogP contribution in [-0.2, 0) is 22.7 Å². The van der Waals surface area contributed by atoms with Gasteiger partial charge >= 0.3 is 0 Å². The number of para-hydroxylation sites is 1. The Morgan fingerprint density at radius 3 is 2.68 bits per heavy atom. The number of fused-ring (bicyclic) bond motifs is 1. The predicted molar refractivity (Wildman–Crippen MR) is 175 cm³/mol. The molecule has 3 N–H and O–H groups in total. The molecular weight excluding hydrogens is 554 g/mol. The molecule has 3 aromatic rings. The molecule has 1 fully saturated rings.